The van der Waals surface area contributed by atoms with Gasteiger partial charge in [-0.15, -0.1) is 0 Å². The van der Waals surface area contributed by atoms with Gasteiger partial charge >= 0.3 is 0 Å². The lowest BCUT2D eigenvalue weighted by Gasteiger charge is -2.16. The highest BCUT2D eigenvalue weighted by Crippen LogP contribution is 2.26. The van der Waals surface area contributed by atoms with Crippen LogP contribution in [0.4, 0.5) is 22.0 Å². The zero-order valence-corrected chi connectivity index (χ0v) is 62.2. The lowest BCUT2D eigenvalue weighted by Crippen LogP contribution is -2.26. The van der Waals surface area contributed by atoms with Crippen LogP contribution in [-0.4, -0.2) is 106 Å². The zero-order valence-electron chi connectivity index (χ0n) is 59.8. The van der Waals surface area contributed by atoms with Crippen LogP contribution in [0.2, 0.25) is 0 Å². The monoisotopic (exact) mass is 1430 g/mol. The normalized spacial score (nSPS) is 12.3. The Hall–Kier alpha value is -7.56. The molecule has 0 fully saturated rings. The van der Waals surface area contributed by atoms with Crippen LogP contribution in [0.5, 0.6) is 28.7 Å². The van der Waals surface area contributed by atoms with Crippen molar-refractivity contribution in [3.63, 3.8) is 0 Å². The molecule has 0 atom stereocenters. The molecule has 0 heterocycles. The van der Waals surface area contributed by atoms with Crippen molar-refractivity contribution in [2.24, 2.45) is 17.3 Å². The standard InChI is InChI=1S/C17H23FO2.C15H20FNO2.2C15H21FO3S.C14H19FO3S/c1-5-13(11-18)12-20-15-8-6-14(7-9-15)16(19)10-17(2,3)4;1-4-12(10-16)11-19-14-8-6-13(7-9-14)15(18)17(3)5-2;2*1-4-13(9-16)10-19-14-5-7-15(8-6-14)20(17,18)11-12(2)3;1-3-9-19(16,17)14-7-5-13(6-8-14)18-11-12(4-2)10-15/h6-9,11H,5,10,12H2,1-4H3;6-10H,4-5,11H2,1-3H3;2*5-9,12H,4,10-11H2,1-3H3;5-8,10H,3-4,9,11H2,1-2H3/b13-11+;12-10-;13-9+;13-9-;12-10-. The van der Waals surface area contributed by atoms with Gasteiger partial charge in [0.2, 0.25) is 0 Å². The Balaban J connectivity index is 0.000000613. The Bertz CT molecular complexity index is 3540. The van der Waals surface area contributed by atoms with Crippen molar-refractivity contribution in [2.45, 2.75) is 157 Å². The Morgan fingerprint density at radius 3 is 0.867 bits per heavy atom. The van der Waals surface area contributed by atoms with Crippen molar-refractivity contribution in [3.8, 4) is 28.7 Å². The van der Waals surface area contributed by atoms with Gasteiger partial charge in [0.1, 0.15) is 61.8 Å². The Kier molecular flexibility index (Phi) is 42.1. The quantitative estimate of drug-likeness (QED) is 0.0286. The van der Waals surface area contributed by atoms with E-state index in [0.717, 1.165) is 0 Å². The third kappa shape index (κ3) is 35.3. The molecule has 0 saturated carbocycles. The molecule has 0 radical (unpaired) electrons. The van der Waals surface area contributed by atoms with Gasteiger partial charge in [0.05, 0.1) is 63.6 Å². The van der Waals surface area contributed by atoms with Crippen molar-refractivity contribution in [3.05, 3.63) is 192 Å². The molecule has 0 N–H and O–H groups in total. The number of carbonyl (C=O) groups excluding carboxylic acids is 2. The summed E-state index contributed by atoms with van der Waals surface area (Å²) in [5, 5.41) is 0. The number of halogens is 5. The van der Waals surface area contributed by atoms with Crippen LogP contribution in [0.25, 0.3) is 0 Å². The van der Waals surface area contributed by atoms with E-state index in [1.54, 1.807) is 96.9 Å². The number of hydrogen-bond acceptors (Lipinski definition) is 13. The number of sulfone groups is 3. The first-order chi connectivity index (χ1) is 46.3. The van der Waals surface area contributed by atoms with Crippen molar-refractivity contribution >= 4 is 41.2 Å². The van der Waals surface area contributed by atoms with Gasteiger partial charge in [-0.25, -0.2) is 47.2 Å². The minimum atomic E-state index is -3.24. The molecule has 1 amide bonds. The van der Waals surface area contributed by atoms with E-state index in [4.69, 9.17) is 23.7 Å². The highest BCUT2D eigenvalue weighted by molar-refractivity contribution is 7.92. The van der Waals surface area contributed by atoms with Crippen molar-refractivity contribution in [2.75, 3.05) is 63.9 Å². The number of Topliss-reactive ketones (excluding diaryl/α,β-unsaturated/α-hetero) is 1. The summed E-state index contributed by atoms with van der Waals surface area (Å²) in [6, 6.07) is 32.6. The molecule has 5 rings (SSSR count). The highest BCUT2D eigenvalue weighted by Gasteiger charge is 2.20. The number of rotatable bonds is 33. The molecule has 0 aliphatic carbocycles. The Morgan fingerprint density at radius 1 is 0.408 bits per heavy atom. The van der Waals surface area contributed by atoms with Gasteiger partial charge in [-0.2, -0.15) is 0 Å². The third-order valence-corrected chi connectivity index (χ3v) is 20.2. The maximum Gasteiger partial charge on any atom is 0.253 e. The number of nitrogens with zero attached hydrogens (tertiary/aromatic N) is 1. The van der Waals surface area contributed by atoms with Gasteiger partial charge in [-0.05, 0) is 212 Å². The molecule has 0 bridgehead atoms. The lowest BCUT2D eigenvalue weighted by molar-refractivity contribution is 0.0801. The Labute approximate surface area is 581 Å². The summed E-state index contributed by atoms with van der Waals surface area (Å²) < 4.78 is 161. The molecule has 5 aromatic carbocycles. The average Bonchev–Trinajstić information content (AvgIpc) is 0.859. The maximum absolute atomic E-state index is 12.4. The fraction of sp³-hybridized carbons (Fsp3) is 0.447. The summed E-state index contributed by atoms with van der Waals surface area (Å²) in [7, 11) is -7.93. The van der Waals surface area contributed by atoms with Gasteiger partial charge in [0.15, 0.2) is 35.3 Å². The number of amides is 1. The number of ether oxygens (including phenoxy) is 5. The first kappa shape index (κ1) is 88.5. The van der Waals surface area contributed by atoms with E-state index < -0.39 is 29.5 Å². The van der Waals surface area contributed by atoms with E-state index in [2.05, 4.69) is 0 Å². The number of hydrogen-bond donors (Lipinski definition) is 0. The predicted molar refractivity (Wildman–Crippen MR) is 384 cm³/mol. The molecule has 98 heavy (non-hydrogen) atoms. The average molecular weight is 1430 g/mol. The van der Waals surface area contributed by atoms with E-state index in [9.17, 15) is 56.8 Å². The van der Waals surface area contributed by atoms with Crippen LogP contribution < -0.4 is 23.7 Å². The molecular formula is C76H104F5NO13S3. The highest BCUT2D eigenvalue weighted by atomic mass is 32.2. The second-order valence-electron chi connectivity index (χ2n) is 24.7. The van der Waals surface area contributed by atoms with Gasteiger partial charge in [0.25, 0.3) is 5.91 Å². The predicted octanol–water partition coefficient (Wildman–Crippen LogP) is 19.4. The van der Waals surface area contributed by atoms with Crippen LogP contribution in [0.3, 0.4) is 0 Å². The molecule has 0 spiro atoms. The summed E-state index contributed by atoms with van der Waals surface area (Å²) >= 11 is 0. The summed E-state index contributed by atoms with van der Waals surface area (Å²) in [6.07, 6.45) is 6.87. The van der Waals surface area contributed by atoms with Crippen molar-refractivity contribution in [1.29, 1.82) is 0 Å². The van der Waals surface area contributed by atoms with Crippen molar-refractivity contribution in [1.82, 2.24) is 4.90 Å². The van der Waals surface area contributed by atoms with E-state index in [-0.39, 0.29) is 89.0 Å². The molecule has 14 nitrogen and oxygen atoms in total. The molecule has 0 aliphatic heterocycles. The summed E-state index contributed by atoms with van der Waals surface area (Å²) in [5.41, 5.74) is 4.17. The topological polar surface area (TPSA) is 186 Å². The van der Waals surface area contributed by atoms with Gasteiger partial charge < -0.3 is 28.6 Å². The van der Waals surface area contributed by atoms with Gasteiger partial charge in [0, 0.05) is 31.1 Å². The molecule has 544 valence electrons. The minimum absolute atomic E-state index is 0.0196. The summed E-state index contributed by atoms with van der Waals surface area (Å²) in [6.45, 7) is 28.3. The molecule has 0 unspecified atom stereocenters. The SMILES string of the molecule is CC/C(=C/F)COc1ccc(C(=O)N(C)CC)cc1.CC/C(=C/F)COc1ccc(S(=O)(=O)CC(C)C)cc1.CC/C(=C\F)COc1ccc(C(=O)CC(C)(C)C)cc1.CC/C(=C\F)COc1ccc(S(=O)(=O)CC(C)C)cc1.CCCS(=O)(=O)c1ccc(OC/C(=C\F)CC)cc1. The van der Waals surface area contributed by atoms with E-state index in [1.165, 1.54) is 36.4 Å². The first-order valence-electron chi connectivity index (χ1n) is 32.8. The zero-order chi connectivity index (χ0) is 74.1. The van der Waals surface area contributed by atoms with Gasteiger partial charge in [-0.3, -0.25) is 9.59 Å². The Morgan fingerprint density at radius 2 is 0.653 bits per heavy atom. The number of ketones is 1. The smallest absolute Gasteiger partial charge is 0.253 e. The molecule has 0 aromatic heterocycles. The second kappa shape index (κ2) is 46.7. The van der Waals surface area contributed by atoms with E-state index in [1.807, 2.05) is 96.9 Å². The molecular weight excluding hydrogens is 1330 g/mol. The summed E-state index contributed by atoms with van der Waals surface area (Å²) in [5.74, 6) is 3.51. The largest absolute Gasteiger partial charge is 0.489 e. The number of benzene rings is 5. The number of carbonyl (C=O) groups is 2. The molecule has 0 aliphatic rings. The van der Waals surface area contributed by atoms with Crippen LogP contribution in [-0.2, 0) is 29.5 Å². The fourth-order valence-corrected chi connectivity index (χ4v) is 12.6. The lowest BCUT2D eigenvalue weighted by atomic mass is 9.88. The summed E-state index contributed by atoms with van der Waals surface area (Å²) in [4.78, 5) is 26.4. The van der Waals surface area contributed by atoms with Crippen LogP contribution in [0.15, 0.2) is 196 Å². The maximum atomic E-state index is 12.4. The van der Waals surface area contributed by atoms with Crippen LogP contribution in [0, 0.1) is 17.3 Å². The molecule has 5 aromatic rings. The third-order valence-electron chi connectivity index (χ3n) is 14.1. The fourth-order valence-electron chi connectivity index (χ4n) is 8.00. The van der Waals surface area contributed by atoms with Gasteiger partial charge in [-0.1, -0.05) is 90.0 Å². The van der Waals surface area contributed by atoms with Crippen molar-refractivity contribution < 1.29 is 80.5 Å². The first-order valence-corrected chi connectivity index (χ1v) is 37.8. The minimum Gasteiger partial charge on any atom is -0.489 e. The molecule has 22 heteroatoms. The second-order valence-corrected chi connectivity index (χ2v) is 30.8. The van der Waals surface area contributed by atoms with Crippen LogP contribution >= 0.6 is 0 Å². The molecule has 0 saturated heterocycles. The van der Waals surface area contributed by atoms with E-state index >= 15 is 0 Å². The van der Waals surface area contributed by atoms with Crippen LogP contribution in [0.1, 0.15) is 163 Å². The van der Waals surface area contributed by atoms with E-state index in [0.29, 0.717) is 156 Å².